The fraction of sp³-hybridized carbons (Fsp3) is 0.167. The van der Waals surface area contributed by atoms with Crippen LogP contribution in [0, 0.1) is 0 Å². The van der Waals surface area contributed by atoms with Crippen molar-refractivity contribution < 1.29 is 28.7 Å². The lowest BCUT2D eigenvalue weighted by Gasteiger charge is -1.88. The Morgan fingerprint density at radius 3 is 1.56 bits per heavy atom. The van der Waals surface area contributed by atoms with Crippen LogP contribution in [0.2, 0.25) is 0 Å². The van der Waals surface area contributed by atoms with Crippen molar-refractivity contribution in [1.29, 1.82) is 0 Å². The quantitative estimate of drug-likeness (QED) is 0.446. The molecule has 0 aliphatic carbocycles. The second-order valence-corrected chi connectivity index (χ2v) is 3.78. The Morgan fingerprint density at radius 2 is 1.38 bits per heavy atom. The van der Waals surface area contributed by atoms with Gasteiger partial charge in [-0.15, -0.1) is 31.3 Å². The smallest absolute Gasteiger partial charge is 0.265 e. The zero-order valence-electron chi connectivity index (χ0n) is 8.16. The summed E-state index contributed by atoms with van der Waals surface area (Å²) in [6, 6.07) is 3.98. The molecule has 0 saturated heterocycles. The Balaban J connectivity index is 0. The summed E-state index contributed by atoms with van der Waals surface area (Å²) < 4.78 is 17.4. The SMILES string of the molecule is CSc1ccncc1.O=[P+](O)O.O=[P+](O)O. The summed E-state index contributed by atoms with van der Waals surface area (Å²) in [5, 5.41) is 0. The van der Waals surface area contributed by atoms with Crippen LogP contribution in [0.1, 0.15) is 0 Å². The molecule has 0 aliphatic heterocycles. The van der Waals surface area contributed by atoms with Gasteiger partial charge in [-0.2, -0.15) is 0 Å². The standard InChI is InChI=1S/C6H7NS.2HO3P/c1-8-6-2-4-7-5-3-6;2*1-4(2)3/h2-5H,1H3;2*(H-,1,2,3)/p+2. The molecule has 0 bridgehead atoms. The number of aromatic nitrogens is 1. The average Bonchev–Trinajstić information content (AvgIpc) is 2.17. The van der Waals surface area contributed by atoms with Crippen LogP contribution in [0.25, 0.3) is 0 Å². The molecule has 4 N–H and O–H groups in total. The van der Waals surface area contributed by atoms with Crippen LogP contribution >= 0.6 is 28.3 Å². The fourth-order valence-corrected chi connectivity index (χ4v) is 0.868. The van der Waals surface area contributed by atoms with Gasteiger partial charge in [-0.05, 0) is 18.4 Å². The fourth-order valence-electron chi connectivity index (χ4n) is 0.474. The minimum atomic E-state index is -2.87. The zero-order valence-corrected chi connectivity index (χ0v) is 10.8. The maximum atomic E-state index is 8.70. The van der Waals surface area contributed by atoms with Crippen molar-refractivity contribution in [3.8, 4) is 0 Å². The van der Waals surface area contributed by atoms with E-state index in [1.807, 2.05) is 12.1 Å². The van der Waals surface area contributed by atoms with Gasteiger partial charge in [0, 0.05) is 26.4 Å². The van der Waals surface area contributed by atoms with E-state index >= 15 is 0 Å². The third kappa shape index (κ3) is 23.4. The minimum absolute atomic E-state index is 1.26. The molecule has 90 valence electrons. The van der Waals surface area contributed by atoms with Gasteiger partial charge in [-0.3, -0.25) is 4.98 Å². The number of hydrogen-bond donors (Lipinski definition) is 4. The predicted molar refractivity (Wildman–Crippen MR) is 60.1 cm³/mol. The lowest BCUT2D eigenvalue weighted by molar-refractivity contribution is 0.403. The highest BCUT2D eigenvalue weighted by Gasteiger charge is 1.93. The van der Waals surface area contributed by atoms with Gasteiger partial charge in [0.1, 0.15) is 0 Å². The molecule has 1 aromatic rings. The van der Waals surface area contributed by atoms with Gasteiger partial charge in [-0.1, -0.05) is 0 Å². The molecule has 0 unspecified atom stereocenters. The number of rotatable bonds is 1. The van der Waals surface area contributed by atoms with E-state index in [4.69, 9.17) is 28.7 Å². The van der Waals surface area contributed by atoms with E-state index in [1.165, 1.54) is 4.90 Å². The first-order valence-corrected chi connectivity index (χ1v) is 7.09. The Hall–Kier alpha value is -0.460. The molecular weight excluding hydrogens is 276 g/mol. The summed E-state index contributed by atoms with van der Waals surface area (Å²) in [6.45, 7) is 0. The second-order valence-electron chi connectivity index (χ2n) is 1.89. The van der Waals surface area contributed by atoms with Crippen molar-refractivity contribution in [3.05, 3.63) is 24.5 Å². The topological polar surface area (TPSA) is 128 Å². The van der Waals surface area contributed by atoms with Crippen molar-refractivity contribution in [3.63, 3.8) is 0 Å². The van der Waals surface area contributed by atoms with Gasteiger partial charge in [0.05, 0.1) is 0 Å². The molecule has 10 heteroatoms. The lowest BCUT2D eigenvalue weighted by atomic mass is 10.5. The maximum absolute atomic E-state index is 8.70. The molecule has 1 aromatic heterocycles. The van der Waals surface area contributed by atoms with E-state index in [-0.39, 0.29) is 0 Å². The molecule has 0 aliphatic rings. The number of hydrogen-bond acceptors (Lipinski definition) is 4. The normalized spacial score (nSPS) is 7.81. The Kier molecular flexibility index (Phi) is 14.1. The summed E-state index contributed by atoms with van der Waals surface area (Å²) in [5.41, 5.74) is 0. The van der Waals surface area contributed by atoms with Crippen LogP contribution in [0.4, 0.5) is 0 Å². The van der Waals surface area contributed by atoms with E-state index in [1.54, 1.807) is 24.2 Å². The third-order valence-electron chi connectivity index (χ3n) is 0.885. The van der Waals surface area contributed by atoms with E-state index in [2.05, 4.69) is 11.2 Å². The minimum Gasteiger partial charge on any atom is -0.265 e. The second kappa shape index (κ2) is 12.6. The zero-order chi connectivity index (χ0) is 13.0. The number of pyridine rings is 1. The van der Waals surface area contributed by atoms with Gasteiger partial charge in [0.2, 0.25) is 0 Å². The van der Waals surface area contributed by atoms with E-state index in [0.717, 1.165) is 0 Å². The van der Waals surface area contributed by atoms with E-state index in [9.17, 15) is 0 Å². The van der Waals surface area contributed by atoms with Crippen molar-refractivity contribution in [2.75, 3.05) is 6.26 Å². The van der Waals surface area contributed by atoms with Gasteiger partial charge in [0.15, 0.2) is 0 Å². The van der Waals surface area contributed by atoms with Crippen LogP contribution in [-0.4, -0.2) is 30.8 Å². The molecule has 0 spiro atoms. The molecule has 0 aromatic carbocycles. The maximum Gasteiger partial charge on any atom is 0.692 e. The largest absolute Gasteiger partial charge is 0.692 e. The van der Waals surface area contributed by atoms with Crippen LogP contribution in [0.15, 0.2) is 29.4 Å². The van der Waals surface area contributed by atoms with E-state index < -0.39 is 16.5 Å². The monoisotopic (exact) mass is 287 g/mol. The van der Waals surface area contributed by atoms with Crippen molar-refractivity contribution in [1.82, 2.24) is 4.98 Å². The molecule has 0 fully saturated rings. The predicted octanol–water partition coefficient (Wildman–Crippen LogP) is 1.06. The molecule has 16 heavy (non-hydrogen) atoms. The molecule has 1 rings (SSSR count). The Bertz CT molecular complexity index is 291. The summed E-state index contributed by atoms with van der Waals surface area (Å²) in [7, 11) is -5.74. The van der Waals surface area contributed by atoms with Gasteiger partial charge >= 0.3 is 16.5 Å². The molecule has 0 radical (unpaired) electrons. The molecule has 1 heterocycles. The van der Waals surface area contributed by atoms with Crippen LogP contribution in [0.5, 0.6) is 0 Å². The molecule has 0 saturated carbocycles. The summed E-state index contributed by atoms with van der Waals surface area (Å²) in [6.07, 6.45) is 5.65. The number of nitrogens with zero attached hydrogens (tertiary/aromatic N) is 1. The Morgan fingerprint density at radius 1 is 1.06 bits per heavy atom. The highest BCUT2D eigenvalue weighted by Crippen LogP contribution is 2.10. The Labute approximate surface area is 98.1 Å². The van der Waals surface area contributed by atoms with Gasteiger partial charge in [0.25, 0.3) is 0 Å². The summed E-state index contributed by atoms with van der Waals surface area (Å²) in [5.74, 6) is 0. The van der Waals surface area contributed by atoms with Gasteiger partial charge < -0.3 is 0 Å². The van der Waals surface area contributed by atoms with Crippen LogP contribution < -0.4 is 0 Å². The molecular formula is C6H11NO6P2S+2. The first kappa shape index (κ1) is 17.9. The van der Waals surface area contributed by atoms with Crippen molar-refractivity contribution >= 4 is 28.3 Å². The highest BCUT2D eigenvalue weighted by atomic mass is 32.2. The van der Waals surface area contributed by atoms with Crippen molar-refractivity contribution in [2.24, 2.45) is 0 Å². The first-order valence-electron chi connectivity index (χ1n) is 3.54. The summed E-state index contributed by atoms with van der Waals surface area (Å²) >= 11 is 1.73. The van der Waals surface area contributed by atoms with E-state index in [0.29, 0.717) is 0 Å². The highest BCUT2D eigenvalue weighted by molar-refractivity contribution is 7.98. The third-order valence-corrected chi connectivity index (χ3v) is 1.63. The van der Waals surface area contributed by atoms with Crippen molar-refractivity contribution in [2.45, 2.75) is 4.90 Å². The van der Waals surface area contributed by atoms with Crippen LogP contribution in [-0.2, 0) is 9.13 Å². The van der Waals surface area contributed by atoms with Gasteiger partial charge in [-0.25, -0.2) is 0 Å². The van der Waals surface area contributed by atoms with Crippen LogP contribution in [0.3, 0.4) is 0 Å². The first-order chi connectivity index (χ1) is 7.40. The average molecular weight is 287 g/mol. The molecule has 7 nitrogen and oxygen atoms in total. The molecule has 0 amide bonds. The molecule has 0 atom stereocenters. The summed E-state index contributed by atoms with van der Waals surface area (Å²) in [4.78, 5) is 33.6. The lowest BCUT2D eigenvalue weighted by Crippen LogP contribution is -1.68. The number of thioether (sulfide) groups is 1.